The topological polar surface area (TPSA) is 66.8 Å². The van der Waals surface area contributed by atoms with E-state index >= 15 is 0 Å². The van der Waals surface area contributed by atoms with Crippen LogP contribution >= 0.6 is 12.4 Å². The second-order valence-electron chi connectivity index (χ2n) is 9.27. The lowest BCUT2D eigenvalue weighted by atomic mass is 9.87. The van der Waals surface area contributed by atoms with Crippen molar-refractivity contribution in [3.63, 3.8) is 0 Å². The number of aryl methyl sites for hydroxylation is 1. The summed E-state index contributed by atoms with van der Waals surface area (Å²) in [6.45, 7) is 4.80. The molecular weight excluding hydrogens is 428 g/mol. The summed E-state index contributed by atoms with van der Waals surface area (Å²) in [5, 5.41) is 14.4. The van der Waals surface area contributed by atoms with Gasteiger partial charge in [0.25, 0.3) is 0 Å². The molecule has 1 aromatic heterocycles. The quantitative estimate of drug-likeness (QED) is 0.370. The van der Waals surface area contributed by atoms with E-state index in [0.29, 0.717) is 12.0 Å². The van der Waals surface area contributed by atoms with Gasteiger partial charge in [-0.15, -0.1) is 12.4 Å². The highest BCUT2D eigenvalue weighted by Gasteiger charge is 2.24. The van der Waals surface area contributed by atoms with E-state index in [1.54, 1.807) is 0 Å². The highest BCUT2D eigenvalue weighted by molar-refractivity contribution is 5.86. The molecule has 0 amide bonds. The Bertz CT molecular complexity index is 1080. The second kappa shape index (κ2) is 12.2. The van der Waals surface area contributed by atoms with Gasteiger partial charge in [0.15, 0.2) is 0 Å². The molecule has 0 radical (unpaired) electrons. The molecule has 1 aliphatic rings. The number of rotatable bonds is 9. The maximum absolute atomic E-state index is 9.58. The third-order valence-corrected chi connectivity index (χ3v) is 6.95. The van der Waals surface area contributed by atoms with Crippen LogP contribution in [0.25, 0.3) is 10.9 Å². The summed E-state index contributed by atoms with van der Waals surface area (Å²) in [6.07, 6.45) is 10.9. The van der Waals surface area contributed by atoms with Gasteiger partial charge in [-0.3, -0.25) is 0 Å². The van der Waals surface area contributed by atoms with Crippen LogP contribution in [0.2, 0.25) is 0 Å². The van der Waals surface area contributed by atoms with Crippen LogP contribution in [0.1, 0.15) is 79.2 Å². The molecular formula is C28H37ClN4. The molecule has 33 heavy (non-hydrogen) atoms. The monoisotopic (exact) mass is 464 g/mol. The summed E-state index contributed by atoms with van der Waals surface area (Å²) in [7, 11) is 0. The molecule has 1 aliphatic carbocycles. The zero-order valence-electron chi connectivity index (χ0n) is 19.7. The summed E-state index contributed by atoms with van der Waals surface area (Å²) in [4.78, 5) is 0. The van der Waals surface area contributed by atoms with Crippen molar-refractivity contribution in [3.8, 4) is 6.07 Å². The van der Waals surface area contributed by atoms with Crippen LogP contribution in [0.3, 0.4) is 0 Å². The van der Waals surface area contributed by atoms with Gasteiger partial charge < -0.3 is 15.6 Å². The number of nitrogens with two attached hydrogens (primary N) is 1. The molecule has 0 aliphatic heterocycles. The lowest BCUT2D eigenvalue weighted by Crippen LogP contribution is -2.21. The van der Waals surface area contributed by atoms with Gasteiger partial charge in [0.1, 0.15) is 0 Å². The van der Waals surface area contributed by atoms with Gasteiger partial charge >= 0.3 is 0 Å². The van der Waals surface area contributed by atoms with Gasteiger partial charge in [-0.05, 0) is 81.6 Å². The molecule has 176 valence electrons. The Kier molecular flexibility index (Phi) is 9.38. The first-order valence-electron chi connectivity index (χ1n) is 12.2. The average molecular weight is 465 g/mol. The molecule has 2 aromatic carbocycles. The zero-order valence-corrected chi connectivity index (χ0v) is 20.5. The van der Waals surface area contributed by atoms with Crippen LogP contribution in [0, 0.1) is 18.3 Å². The Morgan fingerprint density at radius 2 is 1.94 bits per heavy atom. The molecule has 1 atom stereocenters. The molecule has 0 saturated heterocycles. The first-order valence-corrected chi connectivity index (χ1v) is 12.2. The summed E-state index contributed by atoms with van der Waals surface area (Å²) in [6, 6.07) is 18.1. The summed E-state index contributed by atoms with van der Waals surface area (Å²) < 4.78 is 2.52. The van der Waals surface area contributed by atoms with E-state index in [4.69, 9.17) is 5.73 Å². The number of nitrogens with one attached hydrogen (secondary N) is 1. The summed E-state index contributed by atoms with van der Waals surface area (Å²) >= 11 is 0. The first kappa shape index (κ1) is 25.3. The smallest absolute Gasteiger partial charge is 0.0991 e. The Labute approximate surface area is 204 Å². The molecule has 1 unspecified atom stereocenters. The van der Waals surface area contributed by atoms with Crippen LogP contribution in [-0.4, -0.2) is 24.2 Å². The maximum atomic E-state index is 9.58. The molecule has 0 spiro atoms. The van der Waals surface area contributed by atoms with E-state index in [9.17, 15) is 5.26 Å². The number of aromatic nitrogens is 1. The summed E-state index contributed by atoms with van der Waals surface area (Å²) in [5.74, 6) is 0.293. The minimum atomic E-state index is 0. The number of halogens is 1. The maximum Gasteiger partial charge on any atom is 0.0991 e. The number of hydrogen-bond acceptors (Lipinski definition) is 3. The fourth-order valence-electron chi connectivity index (χ4n) is 5.28. The predicted octanol–water partition coefficient (Wildman–Crippen LogP) is 6.21. The highest BCUT2D eigenvalue weighted by Crippen LogP contribution is 2.39. The van der Waals surface area contributed by atoms with Crippen LogP contribution in [0.15, 0.2) is 48.7 Å². The second-order valence-corrected chi connectivity index (χ2v) is 9.27. The number of nitriles is 1. The molecule has 0 bridgehead atoms. The fraction of sp³-hybridized carbons (Fsp3) is 0.464. The third-order valence-electron chi connectivity index (χ3n) is 6.95. The van der Waals surface area contributed by atoms with E-state index < -0.39 is 0 Å². The lowest BCUT2D eigenvalue weighted by molar-refractivity contribution is 0.360. The lowest BCUT2D eigenvalue weighted by Gasteiger charge is -2.24. The van der Waals surface area contributed by atoms with E-state index in [-0.39, 0.29) is 12.4 Å². The van der Waals surface area contributed by atoms with Gasteiger partial charge in [0.2, 0.25) is 0 Å². The van der Waals surface area contributed by atoms with Crippen LogP contribution in [-0.2, 0) is 0 Å². The van der Waals surface area contributed by atoms with E-state index in [1.807, 2.05) is 6.07 Å². The van der Waals surface area contributed by atoms with Crippen LogP contribution in [0.5, 0.6) is 0 Å². The van der Waals surface area contributed by atoms with Crippen molar-refractivity contribution in [2.75, 3.05) is 19.6 Å². The van der Waals surface area contributed by atoms with Crippen molar-refractivity contribution in [2.45, 2.75) is 63.8 Å². The number of benzene rings is 2. The Balaban J connectivity index is 0.00000306. The number of fused-ring (bicyclic) bond motifs is 1. The van der Waals surface area contributed by atoms with Crippen molar-refractivity contribution >= 4 is 23.3 Å². The SMILES string of the molecule is Cc1cccc(C(CCNCCCN)c2cn(C3CCCCC3)c3ccc(C#N)cc23)c1.Cl. The number of nitrogens with zero attached hydrogens (tertiary/aromatic N) is 2. The third kappa shape index (κ3) is 5.98. The Hall–Kier alpha value is -2.32. The van der Waals surface area contributed by atoms with Gasteiger partial charge in [-0.2, -0.15) is 5.26 Å². The van der Waals surface area contributed by atoms with E-state index in [1.165, 1.54) is 59.7 Å². The molecule has 5 heteroatoms. The highest BCUT2D eigenvalue weighted by atomic mass is 35.5. The fourth-order valence-corrected chi connectivity index (χ4v) is 5.28. The largest absolute Gasteiger partial charge is 0.344 e. The first-order chi connectivity index (χ1) is 15.7. The molecule has 3 N–H and O–H groups in total. The molecule has 4 rings (SSSR count). The van der Waals surface area contributed by atoms with Crippen molar-refractivity contribution in [1.29, 1.82) is 5.26 Å². The van der Waals surface area contributed by atoms with Crippen molar-refractivity contribution < 1.29 is 0 Å². The minimum Gasteiger partial charge on any atom is -0.344 e. The normalized spacial score (nSPS) is 15.2. The van der Waals surface area contributed by atoms with Crippen molar-refractivity contribution in [1.82, 2.24) is 9.88 Å². The van der Waals surface area contributed by atoms with Gasteiger partial charge in [0.05, 0.1) is 11.6 Å². The van der Waals surface area contributed by atoms with E-state index in [2.05, 4.69) is 65.5 Å². The standard InChI is InChI=1S/C28H36N4.ClH/c1-21-7-5-8-23(17-21)25(13-16-31-15-6-14-29)27-20-32(24-9-3-2-4-10-24)28-12-11-22(19-30)18-26(27)28;/h5,7-8,11-12,17-18,20,24-25,31H,2-4,6,9-10,13-16,29H2,1H3;1H. The van der Waals surface area contributed by atoms with Crippen LogP contribution < -0.4 is 11.1 Å². The van der Waals surface area contributed by atoms with Gasteiger partial charge in [0, 0.05) is 29.1 Å². The molecule has 1 saturated carbocycles. The summed E-state index contributed by atoms with van der Waals surface area (Å²) in [5.41, 5.74) is 11.7. The van der Waals surface area contributed by atoms with Crippen LogP contribution in [0.4, 0.5) is 0 Å². The predicted molar refractivity (Wildman–Crippen MR) is 140 cm³/mol. The van der Waals surface area contributed by atoms with Gasteiger partial charge in [-0.25, -0.2) is 0 Å². The number of hydrogen-bond donors (Lipinski definition) is 2. The molecule has 1 heterocycles. The molecule has 3 aromatic rings. The molecule has 4 nitrogen and oxygen atoms in total. The van der Waals surface area contributed by atoms with Crippen molar-refractivity contribution in [3.05, 3.63) is 70.9 Å². The van der Waals surface area contributed by atoms with Crippen molar-refractivity contribution in [2.24, 2.45) is 5.73 Å². The Morgan fingerprint density at radius 1 is 1.12 bits per heavy atom. The minimum absolute atomic E-state index is 0. The van der Waals surface area contributed by atoms with E-state index in [0.717, 1.165) is 38.0 Å². The Morgan fingerprint density at radius 3 is 2.67 bits per heavy atom. The average Bonchev–Trinajstić information content (AvgIpc) is 3.20. The zero-order chi connectivity index (χ0) is 22.3. The van der Waals surface area contributed by atoms with Gasteiger partial charge in [-0.1, -0.05) is 49.1 Å². The molecule has 1 fully saturated rings.